The summed E-state index contributed by atoms with van der Waals surface area (Å²) in [5, 5.41) is 12.4. The van der Waals surface area contributed by atoms with Gasteiger partial charge in [0.15, 0.2) is 5.16 Å². The zero-order chi connectivity index (χ0) is 22.1. The van der Waals surface area contributed by atoms with Crippen molar-refractivity contribution in [3.8, 4) is 0 Å². The van der Waals surface area contributed by atoms with Crippen molar-refractivity contribution in [2.45, 2.75) is 31.6 Å². The number of carbonyl (C=O) groups is 2. The number of ether oxygens (including phenoxy) is 1. The number of amides is 1. The number of nitrogens with zero attached hydrogens (tertiary/aromatic N) is 3. The zero-order valence-corrected chi connectivity index (χ0v) is 18.7. The van der Waals surface area contributed by atoms with Crippen LogP contribution in [0.15, 0.2) is 59.8 Å². The first-order valence-electron chi connectivity index (χ1n) is 9.81. The van der Waals surface area contributed by atoms with Gasteiger partial charge in [0.25, 0.3) is 0 Å². The lowest BCUT2D eigenvalue weighted by atomic mass is 10.2. The lowest BCUT2D eigenvalue weighted by Crippen LogP contribution is -2.25. The van der Waals surface area contributed by atoms with Gasteiger partial charge in [-0.15, -0.1) is 10.2 Å². The van der Waals surface area contributed by atoms with E-state index in [1.807, 2.05) is 53.1 Å². The highest BCUT2D eigenvalue weighted by atomic mass is 35.5. The Morgan fingerprint density at radius 2 is 1.84 bits per heavy atom. The smallest absolute Gasteiger partial charge is 0.313 e. The summed E-state index contributed by atoms with van der Waals surface area (Å²) < 4.78 is 6.89. The number of benzene rings is 2. The number of nitrogens with one attached hydrogen (secondary N) is 1. The van der Waals surface area contributed by atoms with Gasteiger partial charge in [0.05, 0.1) is 18.9 Å². The zero-order valence-electron chi connectivity index (χ0n) is 17.1. The maximum Gasteiger partial charge on any atom is 0.313 e. The van der Waals surface area contributed by atoms with Gasteiger partial charge in [0.2, 0.25) is 5.91 Å². The second-order valence-electron chi connectivity index (χ2n) is 6.61. The molecule has 0 radical (unpaired) electrons. The maximum atomic E-state index is 12.3. The predicted octanol–water partition coefficient (Wildman–Crippen LogP) is 3.49. The van der Waals surface area contributed by atoms with Gasteiger partial charge in [-0.1, -0.05) is 71.9 Å². The minimum absolute atomic E-state index is 0.0208. The summed E-state index contributed by atoms with van der Waals surface area (Å²) in [6, 6.07) is 17.2. The van der Waals surface area contributed by atoms with Crippen molar-refractivity contribution in [2.24, 2.45) is 0 Å². The van der Waals surface area contributed by atoms with Crippen LogP contribution in [0.5, 0.6) is 0 Å². The van der Waals surface area contributed by atoms with Crippen LogP contribution >= 0.6 is 23.4 Å². The van der Waals surface area contributed by atoms with E-state index in [1.165, 1.54) is 11.8 Å². The first-order valence-corrected chi connectivity index (χ1v) is 11.2. The Balaban J connectivity index is 1.66. The Bertz CT molecular complexity index is 1030. The average Bonchev–Trinajstić information content (AvgIpc) is 3.13. The minimum Gasteiger partial charge on any atom is -0.466 e. The predicted molar refractivity (Wildman–Crippen MR) is 120 cm³/mol. The standard InChI is InChI=1S/C22H23ClN4O3S/c1-2-30-21(29)12-19-25-26-22(27(19)14-16-8-4-3-5-9-16)31-15-20(28)24-13-17-10-6-7-11-18(17)23/h3-11H,2,12-15H2,1H3,(H,24,28). The molecule has 1 heterocycles. The van der Waals surface area contributed by atoms with Crippen molar-refractivity contribution in [1.82, 2.24) is 20.1 Å². The first kappa shape index (κ1) is 22.8. The van der Waals surface area contributed by atoms with Crippen LogP contribution in [0.1, 0.15) is 23.9 Å². The summed E-state index contributed by atoms with van der Waals surface area (Å²) in [5.41, 5.74) is 1.89. The van der Waals surface area contributed by atoms with Gasteiger partial charge in [-0.05, 0) is 24.1 Å². The Morgan fingerprint density at radius 3 is 2.58 bits per heavy atom. The SMILES string of the molecule is CCOC(=O)Cc1nnc(SCC(=O)NCc2ccccc2Cl)n1Cc1ccccc1. The van der Waals surface area contributed by atoms with Crippen molar-refractivity contribution < 1.29 is 14.3 Å². The molecule has 0 aliphatic heterocycles. The molecule has 0 aliphatic carbocycles. The molecule has 0 atom stereocenters. The van der Waals surface area contributed by atoms with Crippen LogP contribution in [-0.4, -0.2) is 39.0 Å². The van der Waals surface area contributed by atoms with Gasteiger partial charge in [0, 0.05) is 11.6 Å². The largest absolute Gasteiger partial charge is 0.466 e. The van der Waals surface area contributed by atoms with E-state index >= 15 is 0 Å². The average molecular weight is 459 g/mol. The quantitative estimate of drug-likeness (QED) is 0.369. The maximum absolute atomic E-state index is 12.3. The summed E-state index contributed by atoms with van der Waals surface area (Å²) in [4.78, 5) is 24.3. The van der Waals surface area contributed by atoms with Gasteiger partial charge >= 0.3 is 5.97 Å². The fraction of sp³-hybridized carbons (Fsp3) is 0.273. The molecule has 3 aromatic rings. The molecular weight excluding hydrogens is 436 g/mol. The Hall–Kier alpha value is -2.84. The number of hydrogen-bond acceptors (Lipinski definition) is 6. The van der Waals surface area contributed by atoms with E-state index in [-0.39, 0.29) is 24.1 Å². The number of aromatic nitrogens is 3. The van der Waals surface area contributed by atoms with Gasteiger partial charge in [-0.3, -0.25) is 9.59 Å². The molecule has 31 heavy (non-hydrogen) atoms. The molecule has 0 saturated carbocycles. The van der Waals surface area contributed by atoms with Crippen molar-refractivity contribution in [1.29, 1.82) is 0 Å². The number of esters is 1. The summed E-state index contributed by atoms with van der Waals surface area (Å²) in [6.07, 6.45) is 0.0208. The second-order valence-corrected chi connectivity index (χ2v) is 7.96. The van der Waals surface area contributed by atoms with Crippen LogP contribution in [-0.2, 0) is 33.8 Å². The van der Waals surface area contributed by atoms with E-state index in [0.717, 1.165) is 11.1 Å². The van der Waals surface area contributed by atoms with Gasteiger partial charge in [-0.25, -0.2) is 0 Å². The fourth-order valence-corrected chi connectivity index (χ4v) is 3.83. The Labute approximate surface area is 190 Å². The highest BCUT2D eigenvalue weighted by Crippen LogP contribution is 2.20. The van der Waals surface area contributed by atoms with Crippen molar-refractivity contribution in [3.63, 3.8) is 0 Å². The van der Waals surface area contributed by atoms with E-state index in [4.69, 9.17) is 16.3 Å². The normalized spacial score (nSPS) is 10.6. The highest BCUT2D eigenvalue weighted by Gasteiger charge is 2.18. The molecular formula is C22H23ClN4O3S. The number of thioether (sulfide) groups is 1. The minimum atomic E-state index is -0.363. The van der Waals surface area contributed by atoms with Gasteiger partial charge in [0.1, 0.15) is 12.2 Å². The van der Waals surface area contributed by atoms with Crippen LogP contribution in [0.3, 0.4) is 0 Å². The molecule has 1 aromatic heterocycles. The summed E-state index contributed by atoms with van der Waals surface area (Å²) in [7, 11) is 0. The molecule has 162 valence electrons. The van der Waals surface area contributed by atoms with Crippen molar-refractivity contribution >= 4 is 35.2 Å². The number of carbonyl (C=O) groups excluding carboxylic acids is 2. The van der Waals surface area contributed by atoms with Crippen molar-refractivity contribution in [3.05, 3.63) is 76.6 Å². The summed E-state index contributed by atoms with van der Waals surface area (Å²) >= 11 is 7.40. The second kappa shape index (κ2) is 11.5. The topological polar surface area (TPSA) is 86.1 Å². The van der Waals surface area contributed by atoms with Crippen LogP contribution in [0.25, 0.3) is 0 Å². The number of hydrogen-bond donors (Lipinski definition) is 1. The third-order valence-electron chi connectivity index (χ3n) is 4.35. The van der Waals surface area contributed by atoms with Crippen LogP contribution in [0.2, 0.25) is 5.02 Å². The lowest BCUT2D eigenvalue weighted by molar-refractivity contribution is -0.142. The van der Waals surface area contributed by atoms with Crippen LogP contribution < -0.4 is 5.32 Å². The van der Waals surface area contributed by atoms with Crippen LogP contribution in [0.4, 0.5) is 0 Å². The molecule has 3 rings (SSSR count). The molecule has 0 fully saturated rings. The van der Waals surface area contributed by atoms with Crippen LogP contribution in [0, 0.1) is 0 Å². The summed E-state index contributed by atoms with van der Waals surface area (Å²) in [5.74, 6) is 0.155. The third kappa shape index (κ3) is 6.83. The van der Waals surface area contributed by atoms with Gasteiger partial charge < -0.3 is 14.6 Å². The first-order chi connectivity index (χ1) is 15.1. The fourth-order valence-electron chi connectivity index (χ4n) is 2.84. The monoisotopic (exact) mass is 458 g/mol. The lowest BCUT2D eigenvalue weighted by Gasteiger charge is -2.11. The van der Waals surface area contributed by atoms with E-state index in [1.54, 1.807) is 13.0 Å². The highest BCUT2D eigenvalue weighted by molar-refractivity contribution is 7.99. The van der Waals surface area contributed by atoms with E-state index in [9.17, 15) is 9.59 Å². The number of halogens is 1. The molecule has 1 N–H and O–H groups in total. The molecule has 0 spiro atoms. The molecule has 2 aromatic carbocycles. The number of rotatable bonds is 10. The third-order valence-corrected chi connectivity index (χ3v) is 5.69. The van der Waals surface area contributed by atoms with E-state index in [0.29, 0.717) is 35.7 Å². The van der Waals surface area contributed by atoms with E-state index in [2.05, 4.69) is 15.5 Å². The summed E-state index contributed by atoms with van der Waals surface area (Å²) in [6.45, 7) is 2.91. The Kier molecular flexibility index (Phi) is 8.49. The molecule has 7 nitrogen and oxygen atoms in total. The molecule has 0 unspecified atom stereocenters. The molecule has 1 amide bonds. The van der Waals surface area contributed by atoms with Gasteiger partial charge in [-0.2, -0.15) is 0 Å². The van der Waals surface area contributed by atoms with Crippen molar-refractivity contribution in [2.75, 3.05) is 12.4 Å². The molecule has 0 saturated heterocycles. The molecule has 0 bridgehead atoms. The Morgan fingerprint density at radius 1 is 1.10 bits per heavy atom. The molecule has 0 aliphatic rings. The molecule has 9 heteroatoms. The van der Waals surface area contributed by atoms with E-state index < -0.39 is 0 Å².